The molecule has 1 atom stereocenters. The van der Waals surface area contributed by atoms with Gasteiger partial charge < -0.3 is 0 Å². The summed E-state index contributed by atoms with van der Waals surface area (Å²) in [6.07, 6.45) is 2.31. The van der Waals surface area contributed by atoms with E-state index in [1.807, 2.05) is 0 Å². The van der Waals surface area contributed by atoms with Gasteiger partial charge in [0.15, 0.2) is 0 Å². The molecule has 0 radical (unpaired) electrons. The normalized spacial score (nSPS) is 13.8. The summed E-state index contributed by atoms with van der Waals surface area (Å²) in [5.41, 5.74) is 0. The van der Waals surface area contributed by atoms with Crippen LogP contribution in [0, 0.1) is 11.8 Å². The first-order valence-electron chi connectivity index (χ1n) is 6.61. The lowest BCUT2D eigenvalue weighted by Crippen LogP contribution is -2.42. The van der Waals surface area contributed by atoms with Gasteiger partial charge in [0.2, 0.25) is 0 Å². The molecule has 0 spiro atoms. The lowest BCUT2D eigenvalue weighted by molar-refractivity contribution is -0.119. The third-order valence-corrected chi connectivity index (χ3v) is 2.89. The first-order valence-corrected chi connectivity index (χ1v) is 6.61. The highest BCUT2D eigenvalue weighted by atomic mass is 16.1. The fourth-order valence-corrected chi connectivity index (χ4v) is 2.26. The Morgan fingerprint density at radius 2 is 1.75 bits per heavy atom. The molecule has 0 aromatic heterocycles. The molecule has 0 bridgehead atoms. The highest BCUT2D eigenvalue weighted by molar-refractivity contribution is 5.77. The van der Waals surface area contributed by atoms with Gasteiger partial charge in [0.1, 0.15) is 5.78 Å². The Morgan fingerprint density at radius 3 is 2.06 bits per heavy atom. The molecule has 0 N–H and O–H groups in total. The van der Waals surface area contributed by atoms with Crippen LogP contribution in [-0.4, -0.2) is 29.8 Å². The monoisotopic (exact) mass is 227 g/mol. The second-order valence-corrected chi connectivity index (χ2v) is 5.61. The van der Waals surface area contributed by atoms with Gasteiger partial charge in [0.25, 0.3) is 0 Å². The molecule has 0 saturated carbocycles. The summed E-state index contributed by atoms with van der Waals surface area (Å²) < 4.78 is 0. The summed E-state index contributed by atoms with van der Waals surface area (Å²) in [6, 6.07) is 0.545. The Bertz CT molecular complexity index is 199. The van der Waals surface area contributed by atoms with E-state index in [2.05, 4.69) is 39.5 Å². The summed E-state index contributed by atoms with van der Waals surface area (Å²) in [5.74, 6) is 1.59. The summed E-state index contributed by atoms with van der Waals surface area (Å²) >= 11 is 0. The van der Waals surface area contributed by atoms with Crippen molar-refractivity contribution in [2.45, 2.75) is 60.4 Å². The molecule has 2 heteroatoms. The molecular formula is C14H29NO. The molecule has 2 nitrogen and oxygen atoms in total. The molecule has 0 aliphatic carbocycles. The number of rotatable bonds is 8. The van der Waals surface area contributed by atoms with Crippen LogP contribution in [0.25, 0.3) is 0 Å². The average Bonchev–Trinajstić information content (AvgIpc) is 2.12. The number of Topliss-reactive ketones (excluding diaryl/α,β-unsaturated/α-hetero) is 1. The van der Waals surface area contributed by atoms with Gasteiger partial charge in [-0.2, -0.15) is 0 Å². The fourth-order valence-electron chi connectivity index (χ4n) is 2.26. The minimum atomic E-state index is 0.280. The van der Waals surface area contributed by atoms with Gasteiger partial charge in [-0.3, -0.25) is 9.69 Å². The highest BCUT2D eigenvalue weighted by Crippen LogP contribution is 2.19. The van der Waals surface area contributed by atoms with E-state index < -0.39 is 0 Å². The fraction of sp³-hybridized carbons (Fsp3) is 0.929. The van der Waals surface area contributed by atoms with Crippen LogP contribution >= 0.6 is 0 Å². The molecule has 0 fully saturated rings. The second kappa shape index (κ2) is 7.83. The molecule has 96 valence electrons. The Kier molecular flexibility index (Phi) is 7.65. The zero-order valence-corrected chi connectivity index (χ0v) is 11.9. The third-order valence-electron chi connectivity index (χ3n) is 2.89. The van der Waals surface area contributed by atoms with Crippen molar-refractivity contribution in [3.8, 4) is 0 Å². The Labute approximate surface area is 101 Å². The smallest absolute Gasteiger partial charge is 0.143 e. The number of ketones is 1. The first kappa shape index (κ1) is 15.6. The van der Waals surface area contributed by atoms with E-state index in [4.69, 9.17) is 0 Å². The maximum Gasteiger partial charge on any atom is 0.143 e. The Morgan fingerprint density at radius 1 is 1.19 bits per heavy atom. The lowest BCUT2D eigenvalue weighted by atomic mass is 9.92. The summed E-state index contributed by atoms with van der Waals surface area (Å²) in [7, 11) is 0. The summed E-state index contributed by atoms with van der Waals surface area (Å²) in [6.45, 7) is 14.6. The van der Waals surface area contributed by atoms with E-state index in [1.165, 1.54) is 6.42 Å². The standard InChI is InChI=1S/C14H29NO/c1-7-8-15(10-13(6)16)14(12(4)5)9-11(2)3/h11-12,14H,7-10H2,1-6H3. The van der Waals surface area contributed by atoms with Crippen LogP contribution in [0.1, 0.15) is 54.4 Å². The van der Waals surface area contributed by atoms with E-state index >= 15 is 0 Å². The van der Waals surface area contributed by atoms with Crippen LogP contribution < -0.4 is 0 Å². The second-order valence-electron chi connectivity index (χ2n) is 5.61. The summed E-state index contributed by atoms with van der Waals surface area (Å²) in [4.78, 5) is 13.7. The van der Waals surface area contributed by atoms with Crippen LogP contribution in [0.3, 0.4) is 0 Å². The van der Waals surface area contributed by atoms with E-state index in [0.29, 0.717) is 24.4 Å². The van der Waals surface area contributed by atoms with E-state index in [0.717, 1.165) is 13.0 Å². The minimum absolute atomic E-state index is 0.280. The first-order chi connectivity index (χ1) is 7.38. The van der Waals surface area contributed by atoms with Crippen molar-refractivity contribution < 1.29 is 4.79 Å². The van der Waals surface area contributed by atoms with Crippen LogP contribution in [0.15, 0.2) is 0 Å². The van der Waals surface area contributed by atoms with Gasteiger partial charge in [-0.1, -0.05) is 34.6 Å². The van der Waals surface area contributed by atoms with Crippen LogP contribution in [0.5, 0.6) is 0 Å². The predicted octanol–water partition coefficient (Wildman–Crippen LogP) is 3.36. The van der Waals surface area contributed by atoms with Gasteiger partial charge in [-0.05, 0) is 38.1 Å². The molecule has 0 saturated heterocycles. The molecule has 16 heavy (non-hydrogen) atoms. The van der Waals surface area contributed by atoms with E-state index in [1.54, 1.807) is 6.92 Å². The lowest BCUT2D eigenvalue weighted by Gasteiger charge is -2.34. The van der Waals surface area contributed by atoms with Crippen molar-refractivity contribution in [1.82, 2.24) is 4.90 Å². The molecule has 0 aliphatic heterocycles. The largest absolute Gasteiger partial charge is 0.299 e. The number of carbonyl (C=O) groups is 1. The van der Waals surface area contributed by atoms with Crippen LogP contribution in [-0.2, 0) is 4.79 Å². The van der Waals surface area contributed by atoms with Crippen molar-refractivity contribution in [3.05, 3.63) is 0 Å². The van der Waals surface area contributed by atoms with Crippen molar-refractivity contribution in [1.29, 1.82) is 0 Å². The SMILES string of the molecule is CCCN(CC(C)=O)C(CC(C)C)C(C)C. The van der Waals surface area contributed by atoms with Crippen molar-refractivity contribution in [2.24, 2.45) is 11.8 Å². The molecule has 0 aromatic carbocycles. The molecule has 0 rings (SSSR count). The zero-order chi connectivity index (χ0) is 12.7. The number of hydrogen-bond acceptors (Lipinski definition) is 2. The van der Waals surface area contributed by atoms with Gasteiger partial charge >= 0.3 is 0 Å². The van der Waals surface area contributed by atoms with Crippen LogP contribution in [0.4, 0.5) is 0 Å². The van der Waals surface area contributed by atoms with E-state index in [9.17, 15) is 4.79 Å². The zero-order valence-electron chi connectivity index (χ0n) is 11.9. The van der Waals surface area contributed by atoms with Gasteiger partial charge in [-0.25, -0.2) is 0 Å². The molecule has 0 aromatic rings. The molecule has 0 amide bonds. The maximum absolute atomic E-state index is 11.3. The van der Waals surface area contributed by atoms with Gasteiger partial charge in [-0.15, -0.1) is 0 Å². The molecule has 1 unspecified atom stereocenters. The minimum Gasteiger partial charge on any atom is -0.299 e. The highest BCUT2D eigenvalue weighted by Gasteiger charge is 2.22. The Hall–Kier alpha value is -0.370. The number of nitrogens with zero attached hydrogens (tertiary/aromatic N) is 1. The molecule has 0 heterocycles. The summed E-state index contributed by atoms with van der Waals surface area (Å²) in [5, 5.41) is 0. The van der Waals surface area contributed by atoms with E-state index in [-0.39, 0.29) is 5.78 Å². The van der Waals surface area contributed by atoms with Gasteiger partial charge in [0.05, 0.1) is 6.54 Å². The molecular weight excluding hydrogens is 198 g/mol. The Balaban J connectivity index is 4.57. The third kappa shape index (κ3) is 6.26. The number of hydrogen-bond donors (Lipinski definition) is 0. The van der Waals surface area contributed by atoms with Crippen molar-refractivity contribution in [3.63, 3.8) is 0 Å². The average molecular weight is 227 g/mol. The molecule has 0 aliphatic rings. The maximum atomic E-state index is 11.3. The van der Waals surface area contributed by atoms with Crippen molar-refractivity contribution >= 4 is 5.78 Å². The van der Waals surface area contributed by atoms with Gasteiger partial charge in [0, 0.05) is 6.04 Å². The number of carbonyl (C=O) groups excluding carboxylic acids is 1. The predicted molar refractivity (Wildman–Crippen MR) is 70.6 cm³/mol. The van der Waals surface area contributed by atoms with Crippen LogP contribution in [0.2, 0.25) is 0 Å². The quantitative estimate of drug-likeness (QED) is 0.634. The van der Waals surface area contributed by atoms with Crippen molar-refractivity contribution in [2.75, 3.05) is 13.1 Å². The topological polar surface area (TPSA) is 20.3 Å².